The predicted molar refractivity (Wildman–Crippen MR) is 99.3 cm³/mol. The number of halogens is 1. The van der Waals surface area contributed by atoms with Gasteiger partial charge in [-0.1, -0.05) is 6.92 Å². The monoisotopic (exact) mass is 394 g/mol. The number of carbonyl (C=O) groups is 1. The van der Waals surface area contributed by atoms with Crippen LogP contribution in [0.1, 0.15) is 31.0 Å². The maximum absolute atomic E-state index is 13.1. The second-order valence-electron chi connectivity index (χ2n) is 6.61. The first kappa shape index (κ1) is 19.5. The number of nitrogens with zero attached hydrogens (tertiary/aromatic N) is 3. The molecule has 1 unspecified atom stereocenters. The van der Waals surface area contributed by atoms with E-state index in [1.54, 1.807) is 11.7 Å². The highest BCUT2D eigenvalue weighted by Gasteiger charge is 2.39. The highest BCUT2D eigenvalue weighted by Crippen LogP contribution is 2.28. The third kappa shape index (κ3) is 3.61. The molecule has 1 aromatic heterocycles. The Morgan fingerprint density at radius 2 is 2.00 bits per heavy atom. The van der Waals surface area contributed by atoms with Gasteiger partial charge in [-0.2, -0.15) is 9.40 Å². The normalized spacial score (nSPS) is 18.0. The lowest BCUT2D eigenvalue weighted by molar-refractivity contribution is -0.119. The zero-order chi connectivity index (χ0) is 19.8. The summed E-state index contributed by atoms with van der Waals surface area (Å²) in [5.74, 6) is -0.301. The SMILES string of the molecule is CCc1c(C)nn(C)c1NC(=O)C1CCCN1S(=O)(=O)c1ccc(F)cc1. The highest BCUT2D eigenvalue weighted by atomic mass is 32.2. The van der Waals surface area contributed by atoms with E-state index in [9.17, 15) is 17.6 Å². The summed E-state index contributed by atoms with van der Waals surface area (Å²) in [5, 5.41) is 7.17. The molecule has 0 radical (unpaired) electrons. The van der Waals surface area contributed by atoms with Crippen molar-refractivity contribution in [2.75, 3.05) is 11.9 Å². The van der Waals surface area contributed by atoms with Gasteiger partial charge in [0, 0.05) is 19.2 Å². The van der Waals surface area contributed by atoms with Crippen molar-refractivity contribution < 1.29 is 17.6 Å². The molecule has 1 amide bonds. The number of carbonyl (C=O) groups excluding carboxylic acids is 1. The van der Waals surface area contributed by atoms with Gasteiger partial charge in [-0.25, -0.2) is 12.8 Å². The van der Waals surface area contributed by atoms with Crippen molar-refractivity contribution in [2.24, 2.45) is 7.05 Å². The molecule has 146 valence electrons. The second kappa shape index (κ2) is 7.40. The van der Waals surface area contributed by atoms with E-state index in [2.05, 4.69) is 10.4 Å². The fourth-order valence-electron chi connectivity index (χ4n) is 3.51. The molecule has 1 aromatic carbocycles. The van der Waals surface area contributed by atoms with Gasteiger partial charge in [-0.15, -0.1) is 0 Å². The van der Waals surface area contributed by atoms with Crippen molar-refractivity contribution in [1.82, 2.24) is 14.1 Å². The molecule has 9 heteroatoms. The van der Waals surface area contributed by atoms with Gasteiger partial charge >= 0.3 is 0 Å². The molecule has 2 heterocycles. The number of rotatable bonds is 5. The lowest BCUT2D eigenvalue weighted by Crippen LogP contribution is -2.43. The van der Waals surface area contributed by atoms with Crippen LogP contribution in [-0.4, -0.2) is 41.0 Å². The van der Waals surface area contributed by atoms with Gasteiger partial charge in [0.05, 0.1) is 10.6 Å². The van der Waals surface area contributed by atoms with Crippen molar-refractivity contribution in [3.63, 3.8) is 0 Å². The molecule has 27 heavy (non-hydrogen) atoms. The number of nitrogens with one attached hydrogen (secondary N) is 1. The Balaban J connectivity index is 1.86. The molecule has 7 nitrogen and oxygen atoms in total. The Labute approximate surface area is 158 Å². The van der Waals surface area contributed by atoms with E-state index in [1.807, 2.05) is 13.8 Å². The average Bonchev–Trinajstić information content (AvgIpc) is 3.21. The van der Waals surface area contributed by atoms with Gasteiger partial charge in [-0.05, 0) is 50.5 Å². The van der Waals surface area contributed by atoms with E-state index in [4.69, 9.17) is 0 Å². The summed E-state index contributed by atoms with van der Waals surface area (Å²) in [6, 6.07) is 3.84. The third-order valence-electron chi connectivity index (χ3n) is 4.87. The maximum atomic E-state index is 13.1. The molecule has 1 saturated heterocycles. The number of benzene rings is 1. The van der Waals surface area contributed by atoms with Gasteiger partial charge in [0.15, 0.2) is 0 Å². The largest absolute Gasteiger partial charge is 0.309 e. The summed E-state index contributed by atoms with van der Waals surface area (Å²) in [6.45, 7) is 4.10. The first-order chi connectivity index (χ1) is 12.8. The molecule has 0 saturated carbocycles. The highest BCUT2D eigenvalue weighted by molar-refractivity contribution is 7.89. The lowest BCUT2D eigenvalue weighted by Gasteiger charge is -2.23. The smallest absolute Gasteiger partial charge is 0.243 e. The molecule has 1 aliphatic heterocycles. The molecule has 1 N–H and O–H groups in total. The molecule has 1 fully saturated rings. The van der Waals surface area contributed by atoms with Crippen LogP contribution in [-0.2, 0) is 28.3 Å². The Morgan fingerprint density at radius 3 is 2.63 bits per heavy atom. The number of amides is 1. The first-order valence-electron chi connectivity index (χ1n) is 8.86. The van der Waals surface area contributed by atoms with E-state index in [-0.39, 0.29) is 17.3 Å². The van der Waals surface area contributed by atoms with Crippen LogP contribution in [0, 0.1) is 12.7 Å². The van der Waals surface area contributed by atoms with Gasteiger partial charge in [0.2, 0.25) is 15.9 Å². The van der Waals surface area contributed by atoms with Crippen LogP contribution < -0.4 is 5.32 Å². The van der Waals surface area contributed by atoms with Crippen LogP contribution in [0.25, 0.3) is 0 Å². The minimum Gasteiger partial charge on any atom is -0.309 e. The average molecular weight is 394 g/mol. The number of hydrogen-bond donors (Lipinski definition) is 1. The molecule has 1 aliphatic rings. The summed E-state index contributed by atoms with van der Waals surface area (Å²) in [7, 11) is -2.14. The predicted octanol–water partition coefficient (Wildman–Crippen LogP) is 2.22. The van der Waals surface area contributed by atoms with Crippen molar-refractivity contribution in [3.05, 3.63) is 41.3 Å². The minimum absolute atomic E-state index is 0.0192. The third-order valence-corrected chi connectivity index (χ3v) is 6.79. The number of hydrogen-bond acceptors (Lipinski definition) is 4. The van der Waals surface area contributed by atoms with Crippen molar-refractivity contribution >= 4 is 21.7 Å². The molecule has 0 aliphatic carbocycles. The molecule has 2 aromatic rings. The molecule has 1 atom stereocenters. The van der Waals surface area contributed by atoms with Gasteiger partial charge in [0.1, 0.15) is 17.7 Å². The van der Waals surface area contributed by atoms with Crippen LogP contribution in [0.15, 0.2) is 29.2 Å². The Bertz CT molecular complexity index is 954. The first-order valence-corrected chi connectivity index (χ1v) is 10.3. The van der Waals surface area contributed by atoms with Gasteiger partial charge in [-0.3, -0.25) is 9.48 Å². The van der Waals surface area contributed by atoms with E-state index < -0.39 is 21.9 Å². The van der Waals surface area contributed by atoms with E-state index in [0.717, 1.165) is 23.4 Å². The molecule has 0 spiro atoms. The summed E-state index contributed by atoms with van der Waals surface area (Å²) < 4.78 is 41.8. The molecular formula is C18H23FN4O3S. The van der Waals surface area contributed by atoms with Gasteiger partial charge < -0.3 is 5.32 Å². The van der Waals surface area contributed by atoms with E-state index in [0.29, 0.717) is 25.1 Å². The Hall–Kier alpha value is -2.26. The standard InChI is InChI=1S/C18H23FN4O3S/c1-4-15-12(2)21-22(3)17(15)20-18(24)16-6-5-11-23(16)27(25,26)14-9-7-13(19)8-10-14/h7-10,16H,4-6,11H2,1-3H3,(H,20,24). The van der Waals surface area contributed by atoms with Crippen LogP contribution in [0.4, 0.5) is 10.2 Å². The second-order valence-corrected chi connectivity index (χ2v) is 8.50. The fraction of sp³-hybridized carbons (Fsp3) is 0.444. The summed E-state index contributed by atoms with van der Waals surface area (Å²) in [6.07, 6.45) is 1.73. The molecule has 3 rings (SSSR count). The molecular weight excluding hydrogens is 371 g/mol. The topological polar surface area (TPSA) is 84.3 Å². The van der Waals surface area contributed by atoms with E-state index >= 15 is 0 Å². The van der Waals surface area contributed by atoms with Gasteiger partial charge in [0.25, 0.3) is 0 Å². The van der Waals surface area contributed by atoms with Crippen LogP contribution in [0.3, 0.4) is 0 Å². The Kier molecular flexibility index (Phi) is 5.34. The summed E-state index contributed by atoms with van der Waals surface area (Å²) in [4.78, 5) is 12.8. The quantitative estimate of drug-likeness (QED) is 0.843. The van der Waals surface area contributed by atoms with Crippen LogP contribution >= 0.6 is 0 Å². The van der Waals surface area contributed by atoms with Crippen molar-refractivity contribution in [3.8, 4) is 0 Å². The van der Waals surface area contributed by atoms with Crippen LogP contribution in [0.5, 0.6) is 0 Å². The summed E-state index contributed by atoms with van der Waals surface area (Å²) in [5.41, 5.74) is 1.76. The zero-order valence-electron chi connectivity index (χ0n) is 15.6. The van der Waals surface area contributed by atoms with Crippen molar-refractivity contribution in [1.29, 1.82) is 0 Å². The van der Waals surface area contributed by atoms with Crippen LogP contribution in [0.2, 0.25) is 0 Å². The van der Waals surface area contributed by atoms with E-state index in [1.165, 1.54) is 16.4 Å². The number of aromatic nitrogens is 2. The lowest BCUT2D eigenvalue weighted by atomic mass is 10.1. The maximum Gasteiger partial charge on any atom is 0.243 e. The number of anilines is 1. The molecule has 0 bridgehead atoms. The fourth-order valence-corrected chi connectivity index (χ4v) is 5.17. The van der Waals surface area contributed by atoms with Crippen molar-refractivity contribution in [2.45, 2.75) is 44.0 Å². The Morgan fingerprint density at radius 1 is 1.33 bits per heavy atom. The summed E-state index contributed by atoms with van der Waals surface area (Å²) >= 11 is 0. The minimum atomic E-state index is -3.88. The zero-order valence-corrected chi connectivity index (χ0v) is 16.4. The number of aryl methyl sites for hydroxylation is 2. The number of sulfonamides is 1.